The summed E-state index contributed by atoms with van der Waals surface area (Å²) in [6.07, 6.45) is 2.27. The van der Waals surface area contributed by atoms with Crippen LogP contribution < -0.4 is 5.32 Å². The van der Waals surface area contributed by atoms with Crippen molar-refractivity contribution in [2.24, 2.45) is 0 Å². The van der Waals surface area contributed by atoms with Crippen LogP contribution in [0.15, 0.2) is 53.0 Å². The molecular formula is C17H19BrClN. The summed E-state index contributed by atoms with van der Waals surface area (Å²) in [5.74, 6) is 0. The summed E-state index contributed by atoms with van der Waals surface area (Å²) in [5.41, 5.74) is 2.58. The first-order valence-corrected chi connectivity index (χ1v) is 8.09. The highest BCUT2D eigenvalue weighted by Crippen LogP contribution is 2.21. The summed E-state index contributed by atoms with van der Waals surface area (Å²) >= 11 is 9.47. The average molecular weight is 353 g/mol. The van der Waals surface area contributed by atoms with Crippen LogP contribution in [0.1, 0.15) is 36.9 Å². The standard InChI is InChI=1S/C17H19BrClN/c1-2-4-17(14-7-9-16(19)10-8-14)20-12-13-5-3-6-15(18)11-13/h3,5-11,17,20H,2,4,12H2,1H3. The van der Waals surface area contributed by atoms with Gasteiger partial charge in [0.25, 0.3) is 0 Å². The lowest BCUT2D eigenvalue weighted by atomic mass is 10.0. The number of hydrogen-bond donors (Lipinski definition) is 1. The van der Waals surface area contributed by atoms with E-state index in [2.05, 4.69) is 58.5 Å². The van der Waals surface area contributed by atoms with Crippen LogP contribution in [-0.4, -0.2) is 0 Å². The molecule has 0 radical (unpaired) electrons. The molecule has 0 aliphatic carbocycles. The van der Waals surface area contributed by atoms with E-state index < -0.39 is 0 Å². The van der Waals surface area contributed by atoms with Gasteiger partial charge in [-0.3, -0.25) is 0 Å². The van der Waals surface area contributed by atoms with Crippen LogP contribution in [0.3, 0.4) is 0 Å². The topological polar surface area (TPSA) is 12.0 Å². The number of hydrogen-bond acceptors (Lipinski definition) is 1. The molecule has 3 heteroatoms. The summed E-state index contributed by atoms with van der Waals surface area (Å²) in [6.45, 7) is 3.08. The van der Waals surface area contributed by atoms with Crippen LogP contribution in [0.2, 0.25) is 5.02 Å². The molecule has 2 aromatic rings. The third-order valence-electron chi connectivity index (χ3n) is 3.29. The van der Waals surface area contributed by atoms with E-state index in [0.29, 0.717) is 6.04 Å². The second-order valence-corrected chi connectivity index (χ2v) is 6.26. The van der Waals surface area contributed by atoms with Crippen molar-refractivity contribution in [3.63, 3.8) is 0 Å². The predicted octanol–water partition coefficient (Wildman–Crippen LogP) is 5.73. The van der Waals surface area contributed by atoms with Gasteiger partial charge < -0.3 is 5.32 Å². The van der Waals surface area contributed by atoms with Gasteiger partial charge in [0.15, 0.2) is 0 Å². The van der Waals surface area contributed by atoms with E-state index >= 15 is 0 Å². The Bertz CT molecular complexity index is 539. The highest BCUT2D eigenvalue weighted by molar-refractivity contribution is 9.10. The highest BCUT2D eigenvalue weighted by Gasteiger charge is 2.10. The van der Waals surface area contributed by atoms with Gasteiger partial charge in [0.1, 0.15) is 0 Å². The Morgan fingerprint density at radius 1 is 1.15 bits per heavy atom. The van der Waals surface area contributed by atoms with Gasteiger partial charge >= 0.3 is 0 Å². The van der Waals surface area contributed by atoms with E-state index in [1.807, 2.05) is 18.2 Å². The fraction of sp³-hybridized carbons (Fsp3) is 0.294. The predicted molar refractivity (Wildman–Crippen MR) is 90.1 cm³/mol. The molecule has 0 heterocycles. The quantitative estimate of drug-likeness (QED) is 0.699. The molecule has 0 saturated carbocycles. The van der Waals surface area contributed by atoms with E-state index in [9.17, 15) is 0 Å². The van der Waals surface area contributed by atoms with Crippen molar-refractivity contribution in [1.29, 1.82) is 0 Å². The first-order chi connectivity index (χ1) is 9.69. The van der Waals surface area contributed by atoms with Gasteiger partial charge in [0.2, 0.25) is 0 Å². The first kappa shape index (κ1) is 15.6. The molecule has 1 nitrogen and oxygen atoms in total. The maximum absolute atomic E-state index is 5.96. The third kappa shape index (κ3) is 4.62. The molecule has 20 heavy (non-hydrogen) atoms. The fourth-order valence-electron chi connectivity index (χ4n) is 2.26. The summed E-state index contributed by atoms with van der Waals surface area (Å²) in [5, 5.41) is 4.42. The van der Waals surface area contributed by atoms with Crippen LogP contribution in [0.4, 0.5) is 0 Å². The number of rotatable bonds is 6. The molecule has 0 aliphatic rings. The lowest BCUT2D eigenvalue weighted by Gasteiger charge is -2.19. The average Bonchev–Trinajstić information content (AvgIpc) is 2.44. The highest BCUT2D eigenvalue weighted by atomic mass is 79.9. The van der Waals surface area contributed by atoms with Gasteiger partial charge in [-0.25, -0.2) is 0 Å². The molecule has 106 valence electrons. The number of halogens is 2. The van der Waals surface area contributed by atoms with Crippen LogP contribution in [0.25, 0.3) is 0 Å². The largest absolute Gasteiger partial charge is 0.306 e. The van der Waals surface area contributed by atoms with Crippen LogP contribution in [0, 0.1) is 0 Å². The summed E-state index contributed by atoms with van der Waals surface area (Å²) in [4.78, 5) is 0. The number of nitrogens with one attached hydrogen (secondary N) is 1. The van der Waals surface area contributed by atoms with Crippen molar-refractivity contribution in [2.75, 3.05) is 0 Å². The molecule has 0 bridgehead atoms. The Kier molecular flexibility index (Phi) is 6.08. The molecule has 0 fully saturated rings. The van der Waals surface area contributed by atoms with E-state index in [0.717, 1.165) is 28.9 Å². The van der Waals surface area contributed by atoms with Gasteiger partial charge in [-0.15, -0.1) is 0 Å². The molecular weight excluding hydrogens is 334 g/mol. The minimum absolute atomic E-state index is 0.372. The van der Waals surface area contributed by atoms with Crippen LogP contribution in [0.5, 0.6) is 0 Å². The van der Waals surface area contributed by atoms with Gasteiger partial charge in [0.05, 0.1) is 0 Å². The Morgan fingerprint density at radius 2 is 1.90 bits per heavy atom. The molecule has 0 saturated heterocycles. The minimum atomic E-state index is 0.372. The zero-order valence-corrected chi connectivity index (χ0v) is 13.9. The van der Waals surface area contributed by atoms with Gasteiger partial charge in [0, 0.05) is 22.1 Å². The smallest absolute Gasteiger partial charge is 0.0406 e. The SMILES string of the molecule is CCCC(NCc1cccc(Br)c1)c1ccc(Cl)cc1. The Labute approximate surface area is 134 Å². The molecule has 0 aromatic heterocycles. The molecule has 0 spiro atoms. The van der Waals surface area contributed by atoms with Crippen molar-refractivity contribution in [2.45, 2.75) is 32.4 Å². The molecule has 0 aliphatic heterocycles. The van der Waals surface area contributed by atoms with Crippen LogP contribution in [-0.2, 0) is 6.54 Å². The maximum atomic E-state index is 5.96. The Hall–Kier alpha value is -0.830. The van der Waals surface area contributed by atoms with Crippen molar-refractivity contribution < 1.29 is 0 Å². The molecule has 1 atom stereocenters. The summed E-state index contributed by atoms with van der Waals surface area (Å²) < 4.78 is 1.12. The van der Waals surface area contributed by atoms with Gasteiger partial charge in [-0.1, -0.05) is 65.1 Å². The normalized spacial score (nSPS) is 12.3. The molecule has 2 aromatic carbocycles. The Morgan fingerprint density at radius 3 is 2.55 bits per heavy atom. The maximum Gasteiger partial charge on any atom is 0.0406 e. The third-order valence-corrected chi connectivity index (χ3v) is 4.04. The Balaban J connectivity index is 2.04. The summed E-state index contributed by atoms with van der Waals surface area (Å²) in [6, 6.07) is 16.9. The minimum Gasteiger partial charge on any atom is -0.306 e. The van der Waals surface area contributed by atoms with E-state index in [1.54, 1.807) is 0 Å². The molecule has 2 rings (SSSR count). The fourth-order valence-corrected chi connectivity index (χ4v) is 2.83. The van der Waals surface area contributed by atoms with E-state index in [4.69, 9.17) is 11.6 Å². The second-order valence-electron chi connectivity index (χ2n) is 4.90. The van der Waals surface area contributed by atoms with Crippen LogP contribution >= 0.6 is 27.5 Å². The monoisotopic (exact) mass is 351 g/mol. The molecule has 1 N–H and O–H groups in total. The van der Waals surface area contributed by atoms with Crippen molar-refractivity contribution in [3.05, 3.63) is 69.2 Å². The lowest BCUT2D eigenvalue weighted by molar-refractivity contribution is 0.493. The number of benzene rings is 2. The van der Waals surface area contributed by atoms with E-state index in [-0.39, 0.29) is 0 Å². The van der Waals surface area contributed by atoms with Gasteiger partial charge in [-0.2, -0.15) is 0 Å². The molecule has 0 amide bonds. The van der Waals surface area contributed by atoms with Crippen molar-refractivity contribution in [1.82, 2.24) is 5.32 Å². The van der Waals surface area contributed by atoms with Gasteiger partial charge in [-0.05, 0) is 41.8 Å². The summed E-state index contributed by atoms with van der Waals surface area (Å²) in [7, 11) is 0. The van der Waals surface area contributed by atoms with E-state index in [1.165, 1.54) is 11.1 Å². The second kappa shape index (κ2) is 7.82. The van der Waals surface area contributed by atoms with Crippen molar-refractivity contribution >= 4 is 27.5 Å². The first-order valence-electron chi connectivity index (χ1n) is 6.92. The zero-order valence-electron chi connectivity index (χ0n) is 11.6. The van der Waals surface area contributed by atoms with Crippen molar-refractivity contribution in [3.8, 4) is 0 Å². The molecule has 1 unspecified atom stereocenters. The zero-order chi connectivity index (χ0) is 14.4. The lowest BCUT2D eigenvalue weighted by Crippen LogP contribution is -2.20.